The van der Waals surface area contributed by atoms with Crippen molar-refractivity contribution in [1.82, 2.24) is 9.97 Å². The van der Waals surface area contributed by atoms with E-state index in [4.69, 9.17) is 0 Å². The number of fused-ring (bicyclic) bond motifs is 1. The number of carbonyl (C=O) groups excluding carboxylic acids is 1. The quantitative estimate of drug-likeness (QED) is 0.726. The zero-order chi connectivity index (χ0) is 13.9. The molecule has 0 atom stereocenters. The maximum Gasteiger partial charge on any atom is 0.257 e. The van der Waals surface area contributed by atoms with Crippen LogP contribution >= 0.6 is 0 Å². The number of aromatic nitrogens is 2. The topological polar surface area (TPSA) is 54.9 Å². The molecule has 0 fully saturated rings. The lowest BCUT2D eigenvalue weighted by Gasteiger charge is -2.06. The minimum atomic E-state index is -0.637. The summed E-state index contributed by atoms with van der Waals surface area (Å²) in [7, 11) is 0. The van der Waals surface area contributed by atoms with Gasteiger partial charge in [0, 0.05) is 11.6 Å². The number of pyridine rings is 2. The molecule has 2 aromatic heterocycles. The van der Waals surface area contributed by atoms with Gasteiger partial charge in [0.05, 0.1) is 11.1 Å². The van der Waals surface area contributed by atoms with Crippen LogP contribution in [0.1, 0.15) is 10.4 Å². The SMILES string of the molecule is O=C(Nc1cccc(F)n1)c1ccnc2ccccc12. The summed E-state index contributed by atoms with van der Waals surface area (Å²) in [6, 6.07) is 13.2. The molecule has 0 aliphatic carbocycles. The van der Waals surface area contributed by atoms with Gasteiger partial charge in [0.15, 0.2) is 0 Å². The highest BCUT2D eigenvalue weighted by atomic mass is 19.1. The molecule has 0 bridgehead atoms. The van der Waals surface area contributed by atoms with E-state index in [1.54, 1.807) is 12.3 Å². The van der Waals surface area contributed by atoms with E-state index in [0.717, 1.165) is 10.9 Å². The number of amides is 1. The summed E-state index contributed by atoms with van der Waals surface area (Å²) < 4.78 is 13.0. The van der Waals surface area contributed by atoms with Crippen LogP contribution in [0.3, 0.4) is 0 Å². The third kappa shape index (κ3) is 2.33. The molecule has 0 saturated heterocycles. The Kier molecular flexibility index (Phi) is 3.09. The van der Waals surface area contributed by atoms with Crippen LogP contribution in [0.15, 0.2) is 54.7 Å². The van der Waals surface area contributed by atoms with Crippen molar-refractivity contribution < 1.29 is 9.18 Å². The summed E-state index contributed by atoms with van der Waals surface area (Å²) in [4.78, 5) is 20.0. The molecule has 0 aliphatic rings. The predicted octanol–water partition coefficient (Wildman–Crippen LogP) is 3.02. The molecule has 1 N–H and O–H groups in total. The van der Waals surface area contributed by atoms with Crippen LogP contribution in [-0.2, 0) is 0 Å². The van der Waals surface area contributed by atoms with Crippen molar-refractivity contribution >= 4 is 22.6 Å². The number of carbonyl (C=O) groups is 1. The average molecular weight is 267 g/mol. The molecule has 3 aromatic rings. The van der Waals surface area contributed by atoms with Gasteiger partial charge in [-0.25, -0.2) is 4.98 Å². The van der Waals surface area contributed by atoms with Gasteiger partial charge in [-0.1, -0.05) is 24.3 Å². The van der Waals surface area contributed by atoms with Gasteiger partial charge in [0.1, 0.15) is 5.82 Å². The average Bonchev–Trinajstić information content (AvgIpc) is 2.46. The molecule has 2 heterocycles. The molecule has 3 rings (SSSR count). The van der Waals surface area contributed by atoms with Crippen molar-refractivity contribution in [2.24, 2.45) is 0 Å². The Morgan fingerprint density at radius 2 is 1.90 bits per heavy atom. The smallest absolute Gasteiger partial charge is 0.257 e. The Hall–Kier alpha value is -2.82. The van der Waals surface area contributed by atoms with Gasteiger partial charge in [-0.3, -0.25) is 9.78 Å². The molecule has 5 heteroatoms. The number of hydrogen-bond donors (Lipinski definition) is 1. The molecule has 4 nitrogen and oxygen atoms in total. The van der Waals surface area contributed by atoms with Gasteiger partial charge >= 0.3 is 0 Å². The molecule has 0 unspecified atom stereocenters. The zero-order valence-corrected chi connectivity index (χ0v) is 10.4. The number of para-hydroxylation sites is 1. The minimum absolute atomic E-state index is 0.177. The first-order chi connectivity index (χ1) is 9.74. The van der Waals surface area contributed by atoms with Gasteiger partial charge in [-0.2, -0.15) is 4.39 Å². The first-order valence-electron chi connectivity index (χ1n) is 6.02. The van der Waals surface area contributed by atoms with Gasteiger partial charge in [0.25, 0.3) is 5.91 Å². The van der Waals surface area contributed by atoms with Gasteiger partial charge < -0.3 is 5.32 Å². The van der Waals surface area contributed by atoms with E-state index in [1.807, 2.05) is 24.3 Å². The number of hydrogen-bond acceptors (Lipinski definition) is 3. The van der Waals surface area contributed by atoms with E-state index in [2.05, 4.69) is 15.3 Å². The van der Waals surface area contributed by atoms with Crippen LogP contribution < -0.4 is 5.32 Å². The second-order valence-electron chi connectivity index (χ2n) is 4.18. The third-order valence-electron chi connectivity index (χ3n) is 2.85. The third-order valence-corrected chi connectivity index (χ3v) is 2.85. The van der Waals surface area contributed by atoms with Crippen LogP contribution in [-0.4, -0.2) is 15.9 Å². The summed E-state index contributed by atoms with van der Waals surface area (Å²) in [5, 5.41) is 3.31. The fourth-order valence-electron chi connectivity index (χ4n) is 1.96. The van der Waals surface area contributed by atoms with Crippen molar-refractivity contribution in [3.05, 3.63) is 66.2 Å². The highest BCUT2D eigenvalue weighted by Gasteiger charge is 2.11. The maximum absolute atomic E-state index is 13.0. The Balaban J connectivity index is 1.97. The Morgan fingerprint density at radius 1 is 1.05 bits per heavy atom. The van der Waals surface area contributed by atoms with Crippen molar-refractivity contribution in [2.75, 3.05) is 5.32 Å². The van der Waals surface area contributed by atoms with E-state index >= 15 is 0 Å². The number of benzene rings is 1. The van der Waals surface area contributed by atoms with Crippen LogP contribution in [0.5, 0.6) is 0 Å². The van der Waals surface area contributed by atoms with Crippen molar-refractivity contribution in [3.63, 3.8) is 0 Å². The van der Waals surface area contributed by atoms with E-state index in [9.17, 15) is 9.18 Å². The standard InChI is InChI=1S/C15H10FN3O/c16-13-6-3-7-14(18-13)19-15(20)11-8-9-17-12-5-2-1-4-10(11)12/h1-9H,(H,18,19,20). The fraction of sp³-hybridized carbons (Fsp3) is 0. The van der Waals surface area contributed by atoms with Crippen molar-refractivity contribution in [2.45, 2.75) is 0 Å². The summed E-state index contributed by atoms with van der Waals surface area (Å²) in [5.74, 6) is -0.806. The van der Waals surface area contributed by atoms with Crippen LogP contribution in [0.4, 0.5) is 10.2 Å². The van der Waals surface area contributed by atoms with Crippen molar-refractivity contribution in [1.29, 1.82) is 0 Å². The minimum Gasteiger partial charge on any atom is -0.306 e. The summed E-state index contributed by atoms with van der Waals surface area (Å²) >= 11 is 0. The molecule has 1 amide bonds. The predicted molar refractivity (Wildman–Crippen MR) is 73.9 cm³/mol. The highest BCUT2D eigenvalue weighted by molar-refractivity contribution is 6.11. The Bertz CT molecular complexity index is 783. The van der Waals surface area contributed by atoms with Crippen LogP contribution in [0.25, 0.3) is 10.9 Å². The first kappa shape index (κ1) is 12.2. The van der Waals surface area contributed by atoms with E-state index in [1.165, 1.54) is 18.2 Å². The van der Waals surface area contributed by atoms with Crippen LogP contribution in [0.2, 0.25) is 0 Å². The Morgan fingerprint density at radius 3 is 2.75 bits per heavy atom. The Labute approximate surface area is 114 Å². The fourth-order valence-corrected chi connectivity index (χ4v) is 1.96. The number of halogens is 1. The second-order valence-corrected chi connectivity index (χ2v) is 4.18. The maximum atomic E-state index is 13.0. The molecule has 1 aromatic carbocycles. The monoisotopic (exact) mass is 267 g/mol. The normalized spacial score (nSPS) is 10.4. The summed E-state index contributed by atoms with van der Waals surface area (Å²) in [6.45, 7) is 0. The number of nitrogens with one attached hydrogen (secondary N) is 1. The van der Waals surface area contributed by atoms with E-state index in [-0.39, 0.29) is 11.7 Å². The lowest BCUT2D eigenvalue weighted by atomic mass is 10.1. The largest absolute Gasteiger partial charge is 0.306 e. The molecule has 20 heavy (non-hydrogen) atoms. The number of nitrogens with zero attached hydrogens (tertiary/aromatic N) is 2. The lowest BCUT2D eigenvalue weighted by molar-refractivity contribution is 0.102. The summed E-state index contributed by atoms with van der Waals surface area (Å²) in [5.41, 5.74) is 1.20. The molecule has 0 saturated carbocycles. The number of rotatable bonds is 2. The molecule has 98 valence electrons. The summed E-state index contributed by atoms with van der Waals surface area (Å²) in [6.07, 6.45) is 1.57. The highest BCUT2D eigenvalue weighted by Crippen LogP contribution is 2.17. The zero-order valence-electron chi connectivity index (χ0n) is 10.4. The van der Waals surface area contributed by atoms with Gasteiger partial charge in [-0.15, -0.1) is 0 Å². The van der Waals surface area contributed by atoms with E-state index in [0.29, 0.717) is 5.56 Å². The molecule has 0 radical (unpaired) electrons. The van der Waals surface area contributed by atoms with Gasteiger partial charge in [0.2, 0.25) is 5.95 Å². The molecular formula is C15H10FN3O. The first-order valence-corrected chi connectivity index (χ1v) is 6.02. The van der Waals surface area contributed by atoms with E-state index < -0.39 is 5.95 Å². The lowest BCUT2D eigenvalue weighted by Crippen LogP contribution is -2.13. The molecular weight excluding hydrogens is 257 g/mol. The van der Waals surface area contributed by atoms with Gasteiger partial charge in [-0.05, 0) is 24.3 Å². The molecule has 0 spiro atoms. The van der Waals surface area contributed by atoms with Crippen LogP contribution in [0, 0.1) is 5.95 Å². The second kappa shape index (κ2) is 5.05. The molecule has 0 aliphatic heterocycles. The number of anilines is 1. The van der Waals surface area contributed by atoms with Crippen molar-refractivity contribution in [3.8, 4) is 0 Å².